The maximum atomic E-state index is 12.3. The first kappa shape index (κ1) is 18.6. The molecular weight excluding hydrogens is 306 g/mol. The highest BCUT2D eigenvalue weighted by molar-refractivity contribution is 5.92. The van der Waals surface area contributed by atoms with Gasteiger partial charge in [-0.2, -0.15) is 0 Å². The Morgan fingerprint density at radius 1 is 1.29 bits per heavy atom. The Kier molecular flexibility index (Phi) is 7.87. The molecule has 0 saturated carbocycles. The summed E-state index contributed by atoms with van der Waals surface area (Å²) in [6.07, 6.45) is 5.23. The predicted octanol–water partition coefficient (Wildman–Crippen LogP) is -0.395. The monoisotopic (exact) mass is 335 g/mol. The first-order chi connectivity index (χ1) is 11.7. The van der Waals surface area contributed by atoms with E-state index in [1.165, 1.54) is 0 Å². The average molecular weight is 335 g/mol. The lowest BCUT2D eigenvalue weighted by atomic mass is 10.3. The number of anilines is 1. The van der Waals surface area contributed by atoms with Crippen molar-refractivity contribution in [1.82, 2.24) is 25.1 Å². The molecule has 24 heavy (non-hydrogen) atoms. The molecule has 0 atom stereocenters. The van der Waals surface area contributed by atoms with Gasteiger partial charge in [0.1, 0.15) is 11.5 Å². The largest absolute Gasteiger partial charge is 0.369 e. The van der Waals surface area contributed by atoms with Crippen LogP contribution in [0.4, 0.5) is 5.82 Å². The van der Waals surface area contributed by atoms with Crippen molar-refractivity contribution >= 4 is 11.7 Å². The third kappa shape index (κ3) is 6.03. The SMILES string of the molecule is CN(CCCN)CCCNc1cnc(C(=O)N2CCNCC2)cn1. The van der Waals surface area contributed by atoms with Gasteiger partial charge in [-0.3, -0.25) is 4.79 Å². The van der Waals surface area contributed by atoms with Crippen LogP contribution in [0.3, 0.4) is 0 Å². The van der Waals surface area contributed by atoms with Crippen molar-refractivity contribution in [1.29, 1.82) is 0 Å². The van der Waals surface area contributed by atoms with Gasteiger partial charge in [-0.05, 0) is 39.5 Å². The van der Waals surface area contributed by atoms with E-state index in [9.17, 15) is 4.79 Å². The lowest BCUT2D eigenvalue weighted by Gasteiger charge is -2.26. The van der Waals surface area contributed by atoms with Crippen molar-refractivity contribution in [3.05, 3.63) is 18.1 Å². The molecule has 1 aromatic heterocycles. The van der Waals surface area contributed by atoms with E-state index in [1.54, 1.807) is 12.4 Å². The third-order valence-corrected chi connectivity index (χ3v) is 4.04. The fourth-order valence-corrected chi connectivity index (χ4v) is 2.60. The quantitative estimate of drug-likeness (QED) is 0.528. The zero-order valence-electron chi connectivity index (χ0n) is 14.5. The Bertz CT molecular complexity index is 488. The predicted molar refractivity (Wildman–Crippen MR) is 95.1 cm³/mol. The number of piperazine rings is 1. The second kappa shape index (κ2) is 10.2. The highest BCUT2D eigenvalue weighted by Crippen LogP contribution is 2.05. The molecule has 1 aromatic rings. The van der Waals surface area contributed by atoms with Gasteiger partial charge in [-0.15, -0.1) is 0 Å². The van der Waals surface area contributed by atoms with Crippen LogP contribution in [-0.2, 0) is 0 Å². The van der Waals surface area contributed by atoms with Gasteiger partial charge in [-0.25, -0.2) is 9.97 Å². The molecule has 8 nitrogen and oxygen atoms in total. The molecule has 1 aliphatic heterocycles. The Balaban J connectivity index is 1.70. The molecule has 0 aliphatic carbocycles. The standard InChI is InChI=1S/C16H29N7O/c1-22(8-2-4-17)9-3-5-19-15-13-20-14(12-21-15)16(24)23-10-6-18-7-11-23/h12-13,18H,2-11,17H2,1H3,(H,19,21). The van der Waals surface area contributed by atoms with Crippen LogP contribution in [0.5, 0.6) is 0 Å². The second-order valence-electron chi connectivity index (χ2n) is 6.05. The summed E-state index contributed by atoms with van der Waals surface area (Å²) in [5, 5.41) is 6.47. The maximum absolute atomic E-state index is 12.3. The van der Waals surface area contributed by atoms with Crippen LogP contribution in [0.15, 0.2) is 12.4 Å². The van der Waals surface area contributed by atoms with Crippen LogP contribution < -0.4 is 16.4 Å². The number of nitrogens with zero attached hydrogens (tertiary/aromatic N) is 4. The van der Waals surface area contributed by atoms with Crippen LogP contribution in [0.1, 0.15) is 23.3 Å². The van der Waals surface area contributed by atoms with Gasteiger partial charge < -0.3 is 26.2 Å². The van der Waals surface area contributed by atoms with Crippen molar-refractivity contribution in [3.8, 4) is 0 Å². The Morgan fingerprint density at radius 3 is 2.71 bits per heavy atom. The van der Waals surface area contributed by atoms with E-state index < -0.39 is 0 Å². The number of aromatic nitrogens is 2. The summed E-state index contributed by atoms with van der Waals surface area (Å²) in [4.78, 5) is 24.9. The topological polar surface area (TPSA) is 99.4 Å². The lowest BCUT2D eigenvalue weighted by Crippen LogP contribution is -2.46. The molecule has 0 bridgehead atoms. The fourth-order valence-electron chi connectivity index (χ4n) is 2.60. The molecule has 1 fully saturated rings. The summed E-state index contributed by atoms with van der Waals surface area (Å²) < 4.78 is 0. The number of carbonyl (C=O) groups is 1. The highest BCUT2D eigenvalue weighted by atomic mass is 16.2. The summed E-state index contributed by atoms with van der Waals surface area (Å²) in [5.41, 5.74) is 5.91. The van der Waals surface area contributed by atoms with Crippen LogP contribution >= 0.6 is 0 Å². The van der Waals surface area contributed by atoms with Gasteiger partial charge >= 0.3 is 0 Å². The zero-order chi connectivity index (χ0) is 17.2. The Hall–Kier alpha value is -1.77. The van der Waals surface area contributed by atoms with Crippen molar-refractivity contribution in [2.24, 2.45) is 5.73 Å². The summed E-state index contributed by atoms with van der Waals surface area (Å²) in [7, 11) is 2.10. The van der Waals surface area contributed by atoms with E-state index in [0.29, 0.717) is 11.5 Å². The lowest BCUT2D eigenvalue weighted by molar-refractivity contribution is 0.0729. The first-order valence-electron chi connectivity index (χ1n) is 8.65. The van der Waals surface area contributed by atoms with Gasteiger partial charge in [0.2, 0.25) is 0 Å². The number of nitrogens with two attached hydrogens (primary N) is 1. The molecule has 8 heteroatoms. The van der Waals surface area contributed by atoms with Gasteiger partial charge in [0.15, 0.2) is 0 Å². The van der Waals surface area contributed by atoms with E-state index in [0.717, 1.165) is 65.2 Å². The smallest absolute Gasteiger partial charge is 0.274 e. The number of hydrogen-bond acceptors (Lipinski definition) is 7. The number of amides is 1. The van der Waals surface area contributed by atoms with E-state index in [2.05, 4.69) is 32.5 Å². The molecule has 134 valence electrons. The average Bonchev–Trinajstić information content (AvgIpc) is 2.64. The molecule has 0 spiro atoms. The van der Waals surface area contributed by atoms with Gasteiger partial charge in [-0.1, -0.05) is 0 Å². The van der Waals surface area contributed by atoms with Crippen molar-refractivity contribution in [2.45, 2.75) is 12.8 Å². The van der Waals surface area contributed by atoms with Crippen LogP contribution in [0.25, 0.3) is 0 Å². The van der Waals surface area contributed by atoms with Crippen LogP contribution in [-0.4, -0.2) is 85.1 Å². The molecule has 1 amide bonds. The normalized spacial score (nSPS) is 14.9. The summed E-state index contributed by atoms with van der Waals surface area (Å²) in [5.74, 6) is 0.661. The molecule has 2 heterocycles. The highest BCUT2D eigenvalue weighted by Gasteiger charge is 2.19. The summed E-state index contributed by atoms with van der Waals surface area (Å²) in [6.45, 7) is 6.70. The van der Waals surface area contributed by atoms with Crippen LogP contribution in [0, 0.1) is 0 Å². The molecule has 4 N–H and O–H groups in total. The fraction of sp³-hybridized carbons (Fsp3) is 0.688. The summed E-state index contributed by atoms with van der Waals surface area (Å²) in [6, 6.07) is 0. The molecule has 0 aromatic carbocycles. The molecule has 1 aliphatic rings. The molecular formula is C16H29N7O. The zero-order valence-corrected chi connectivity index (χ0v) is 14.5. The van der Waals surface area contributed by atoms with Gasteiger partial charge in [0.05, 0.1) is 12.4 Å². The van der Waals surface area contributed by atoms with E-state index in [-0.39, 0.29) is 5.91 Å². The number of rotatable bonds is 9. The van der Waals surface area contributed by atoms with Gasteiger partial charge in [0, 0.05) is 32.7 Å². The van der Waals surface area contributed by atoms with Crippen molar-refractivity contribution in [3.63, 3.8) is 0 Å². The number of nitrogens with one attached hydrogen (secondary N) is 2. The second-order valence-corrected chi connectivity index (χ2v) is 6.05. The third-order valence-electron chi connectivity index (χ3n) is 4.04. The number of carbonyl (C=O) groups excluding carboxylic acids is 1. The Labute approximate surface area is 143 Å². The molecule has 1 saturated heterocycles. The number of hydrogen-bond donors (Lipinski definition) is 3. The first-order valence-corrected chi connectivity index (χ1v) is 8.65. The van der Waals surface area contributed by atoms with Crippen molar-refractivity contribution < 1.29 is 4.79 Å². The molecule has 0 radical (unpaired) electrons. The van der Waals surface area contributed by atoms with E-state index >= 15 is 0 Å². The molecule has 2 rings (SSSR count). The minimum Gasteiger partial charge on any atom is -0.369 e. The Morgan fingerprint density at radius 2 is 2.04 bits per heavy atom. The van der Waals surface area contributed by atoms with Gasteiger partial charge in [0.25, 0.3) is 5.91 Å². The van der Waals surface area contributed by atoms with E-state index in [1.807, 2.05) is 4.90 Å². The van der Waals surface area contributed by atoms with E-state index in [4.69, 9.17) is 5.73 Å². The van der Waals surface area contributed by atoms with Crippen molar-refractivity contribution in [2.75, 3.05) is 64.7 Å². The minimum atomic E-state index is -0.0444. The summed E-state index contributed by atoms with van der Waals surface area (Å²) >= 11 is 0. The van der Waals surface area contributed by atoms with Crippen LogP contribution in [0.2, 0.25) is 0 Å². The maximum Gasteiger partial charge on any atom is 0.274 e. The minimum absolute atomic E-state index is 0.0444. The molecule has 0 unspecified atom stereocenters.